The molecule has 5 heteroatoms. The first-order chi connectivity index (χ1) is 10.4. The maximum atomic E-state index is 11.7. The van der Waals surface area contributed by atoms with Gasteiger partial charge in [0.15, 0.2) is 0 Å². The van der Waals surface area contributed by atoms with Crippen LogP contribution < -0.4 is 17.2 Å². The van der Waals surface area contributed by atoms with Crippen molar-refractivity contribution >= 4 is 11.8 Å². The average Bonchev–Trinajstić information content (AvgIpc) is 2.45. The number of rotatable bonds is 9. The van der Waals surface area contributed by atoms with Crippen LogP contribution >= 0.6 is 0 Å². The lowest BCUT2D eigenvalue weighted by Crippen LogP contribution is -2.40. The lowest BCUT2D eigenvalue weighted by molar-refractivity contribution is -0.133. The lowest BCUT2D eigenvalue weighted by atomic mass is 9.79. The Hall–Kier alpha value is -1.88. The van der Waals surface area contributed by atoms with Crippen molar-refractivity contribution in [3.05, 3.63) is 35.4 Å². The Bertz CT molecular complexity index is 497. The number of hydrogen-bond donors (Lipinski definition) is 3. The summed E-state index contributed by atoms with van der Waals surface area (Å²) in [5, 5.41) is 0. The van der Waals surface area contributed by atoms with Crippen LogP contribution in [0.2, 0.25) is 0 Å². The van der Waals surface area contributed by atoms with E-state index < -0.39 is 23.7 Å². The summed E-state index contributed by atoms with van der Waals surface area (Å²) in [6, 6.07) is 8.08. The molecule has 1 rings (SSSR count). The van der Waals surface area contributed by atoms with Gasteiger partial charge in [-0.05, 0) is 36.3 Å². The average molecular weight is 305 g/mol. The summed E-state index contributed by atoms with van der Waals surface area (Å²) in [5.41, 5.74) is 18.7. The number of aryl methyl sites for hydroxylation is 1. The maximum absolute atomic E-state index is 11.7. The summed E-state index contributed by atoms with van der Waals surface area (Å²) in [6.45, 7) is 4.30. The number of hydrogen-bond acceptors (Lipinski definition) is 3. The number of amides is 2. The van der Waals surface area contributed by atoms with Crippen LogP contribution in [-0.4, -0.2) is 11.8 Å². The van der Waals surface area contributed by atoms with Crippen molar-refractivity contribution in [1.82, 2.24) is 0 Å². The molecule has 6 N–H and O–H groups in total. The van der Waals surface area contributed by atoms with Gasteiger partial charge in [-0.1, -0.05) is 38.1 Å². The van der Waals surface area contributed by atoms with Crippen molar-refractivity contribution < 1.29 is 9.59 Å². The van der Waals surface area contributed by atoms with Crippen molar-refractivity contribution in [3.8, 4) is 0 Å². The van der Waals surface area contributed by atoms with Gasteiger partial charge in [0.2, 0.25) is 11.8 Å². The topological polar surface area (TPSA) is 112 Å². The van der Waals surface area contributed by atoms with Gasteiger partial charge < -0.3 is 17.2 Å². The Morgan fingerprint density at radius 1 is 1.00 bits per heavy atom. The third-order valence-corrected chi connectivity index (χ3v) is 4.08. The molecule has 2 atom stereocenters. The Morgan fingerprint density at radius 3 is 1.95 bits per heavy atom. The van der Waals surface area contributed by atoms with Gasteiger partial charge in [0.25, 0.3) is 0 Å². The van der Waals surface area contributed by atoms with E-state index in [1.807, 2.05) is 38.1 Å². The smallest absolute Gasteiger partial charge is 0.221 e. The van der Waals surface area contributed by atoms with E-state index in [-0.39, 0.29) is 5.92 Å². The van der Waals surface area contributed by atoms with E-state index in [1.54, 1.807) is 0 Å². The minimum Gasteiger partial charge on any atom is -0.369 e. The molecule has 0 bridgehead atoms. The van der Waals surface area contributed by atoms with E-state index in [9.17, 15) is 9.59 Å². The van der Waals surface area contributed by atoms with Crippen molar-refractivity contribution in [2.24, 2.45) is 35.0 Å². The van der Waals surface area contributed by atoms with Crippen molar-refractivity contribution in [2.45, 2.75) is 39.7 Å². The molecule has 0 saturated carbocycles. The molecule has 0 heterocycles. The normalized spacial score (nSPS) is 13.8. The minimum atomic E-state index is -0.503. The summed E-state index contributed by atoms with van der Waals surface area (Å²) >= 11 is 0. The van der Waals surface area contributed by atoms with Gasteiger partial charge in [0, 0.05) is 12.5 Å². The molecule has 0 fully saturated rings. The number of carbonyl (C=O) groups is 2. The van der Waals surface area contributed by atoms with Crippen LogP contribution in [0.15, 0.2) is 24.3 Å². The van der Waals surface area contributed by atoms with Gasteiger partial charge >= 0.3 is 0 Å². The number of benzene rings is 1. The highest BCUT2D eigenvalue weighted by Crippen LogP contribution is 2.25. The van der Waals surface area contributed by atoms with Crippen molar-refractivity contribution in [3.63, 3.8) is 0 Å². The first kappa shape index (κ1) is 18.2. The lowest BCUT2D eigenvalue weighted by Gasteiger charge is -2.25. The molecule has 1 aromatic carbocycles. The predicted molar refractivity (Wildman–Crippen MR) is 87.5 cm³/mol. The second kappa shape index (κ2) is 8.54. The monoisotopic (exact) mass is 305 g/mol. The van der Waals surface area contributed by atoms with E-state index in [2.05, 4.69) is 0 Å². The molecule has 122 valence electrons. The molecule has 0 aliphatic rings. The number of nitrogens with two attached hydrogens (primary N) is 3. The van der Waals surface area contributed by atoms with Gasteiger partial charge in [0.1, 0.15) is 0 Å². The fourth-order valence-electron chi connectivity index (χ4n) is 2.86. The second-order valence-electron chi connectivity index (χ2n) is 6.09. The maximum Gasteiger partial charge on any atom is 0.221 e. The number of primary amides is 2. The second-order valence-corrected chi connectivity index (χ2v) is 6.09. The highest BCUT2D eigenvalue weighted by Gasteiger charge is 2.32. The van der Waals surface area contributed by atoms with Gasteiger partial charge in [-0.2, -0.15) is 0 Å². The van der Waals surface area contributed by atoms with Gasteiger partial charge in [-0.3, -0.25) is 9.59 Å². The molecule has 2 amide bonds. The van der Waals surface area contributed by atoms with Crippen molar-refractivity contribution in [1.29, 1.82) is 0 Å². The Labute approximate surface area is 132 Å². The van der Waals surface area contributed by atoms with Gasteiger partial charge in [-0.25, -0.2) is 0 Å². The quantitative estimate of drug-likeness (QED) is 0.639. The molecule has 0 saturated heterocycles. The zero-order chi connectivity index (χ0) is 16.7. The zero-order valence-electron chi connectivity index (χ0n) is 13.4. The minimum absolute atomic E-state index is 0.00108. The van der Waals surface area contributed by atoms with Crippen LogP contribution in [0.25, 0.3) is 0 Å². The predicted octanol–water partition coefficient (Wildman–Crippen LogP) is 1.33. The van der Waals surface area contributed by atoms with Crippen molar-refractivity contribution in [2.75, 3.05) is 0 Å². The van der Waals surface area contributed by atoms with E-state index in [4.69, 9.17) is 17.2 Å². The van der Waals surface area contributed by atoms with Crippen LogP contribution in [0.5, 0.6) is 0 Å². The largest absolute Gasteiger partial charge is 0.369 e. The van der Waals surface area contributed by atoms with Crippen LogP contribution in [0.3, 0.4) is 0 Å². The Kier molecular flexibility index (Phi) is 7.05. The van der Waals surface area contributed by atoms with Gasteiger partial charge in [0.05, 0.1) is 5.92 Å². The molecular weight excluding hydrogens is 278 g/mol. The molecular formula is C17H27N3O2. The summed E-state index contributed by atoms with van der Waals surface area (Å²) in [6.07, 6.45) is 2.18. The first-order valence-corrected chi connectivity index (χ1v) is 7.73. The van der Waals surface area contributed by atoms with E-state index >= 15 is 0 Å². The third kappa shape index (κ3) is 5.15. The molecule has 0 aliphatic carbocycles. The van der Waals surface area contributed by atoms with E-state index in [0.717, 1.165) is 18.4 Å². The molecule has 22 heavy (non-hydrogen) atoms. The summed E-state index contributed by atoms with van der Waals surface area (Å²) in [4.78, 5) is 23.3. The summed E-state index contributed by atoms with van der Waals surface area (Å²) in [5.74, 6) is -1.90. The molecule has 5 nitrogen and oxygen atoms in total. The van der Waals surface area contributed by atoms with Gasteiger partial charge in [-0.15, -0.1) is 0 Å². The third-order valence-electron chi connectivity index (χ3n) is 4.08. The van der Waals surface area contributed by atoms with Crippen LogP contribution in [0.1, 0.15) is 37.8 Å². The van der Waals surface area contributed by atoms with Crippen LogP contribution in [0.4, 0.5) is 0 Å². The Morgan fingerprint density at radius 2 is 1.55 bits per heavy atom. The first-order valence-electron chi connectivity index (χ1n) is 7.73. The summed E-state index contributed by atoms with van der Waals surface area (Å²) in [7, 11) is 0. The molecule has 1 aromatic rings. The fraction of sp³-hybridized carbons (Fsp3) is 0.529. The molecule has 0 aliphatic heterocycles. The van der Waals surface area contributed by atoms with E-state index in [0.29, 0.717) is 13.0 Å². The molecule has 0 aromatic heterocycles. The Balaban J connectivity index is 2.64. The fourth-order valence-corrected chi connectivity index (χ4v) is 2.86. The van der Waals surface area contributed by atoms with E-state index in [1.165, 1.54) is 5.56 Å². The molecule has 1 unspecified atom stereocenters. The zero-order valence-corrected chi connectivity index (χ0v) is 13.4. The highest BCUT2D eigenvalue weighted by molar-refractivity contribution is 5.86. The van der Waals surface area contributed by atoms with Crippen LogP contribution in [-0.2, 0) is 22.6 Å². The summed E-state index contributed by atoms with van der Waals surface area (Å²) < 4.78 is 0. The highest BCUT2D eigenvalue weighted by atomic mass is 16.2. The standard InChI is InChI=1S/C17H27N3O2/c1-11(2)15(17(20)22)14(16(19)21)5-3-4-12-6-8-13(10-18)9-7-12/h6-9,11,14-15H,3-5,10,18H2,1-2H3,(H2,19,21)(H2,20,22)/t14?,15-/m1/s1. The molecule has 0 radical (unpaired) electrons. The molecule has 0 spiro atoms. The number of carbonyl (C=O) groups excluding carboxylic acids is 2. The van der Waals surface area contributed by atoms with Crippen LogP contribution in [0, 0.1) is 17.8 Å². The SMILES string of the molecule is CC(C)[C@@H](C(N)=O)C(CCCc1ccc(CN)cc1)C(N)=O.